The van der Waals surface area contributed by atoms with Crippen molar-refractivity contribution >= 4 is 5.69 Å². The summed E-state index contributed by atoms with van der Waals surface area (Å²) >= 11 is 0. The lowest BCUT2D eigenvalue weighted by molar-refractivity contribution is 0.0472. The summed E-state index contributed by atoms with van der Waals surface area (Å²) in [6.45, 7) is 0.252. The summed E-state index contributed by atoms with van der Waals surface area (Å²) < 4.78 is 38.0. The van der Waals surface area contributed by atoms with Crippen molar-refractivity contribution in [1.82, 2.24) is 0 Å². The number of alkyl halides is 3. The van der Waals surface area contributed by atoms with E-state index < -0.39 is 12.7 Å². The molecule has 1 aliphatic rings. The molecule has 0 radical (unpaired) electrons. The van der Waals surface area contributed by atoms with Crippen LogP contribution in [-0.4, -0.2) is 24.4 Å². The topological polar surface area (TPSA) is 23.5 Å². The van der Waals surface area contributed by atoms with Gasteiger partial charge < -0.3 is 10.0 Å². The second kappa shape index (κ2) is 4.23. The van der Waals surface area contributed by atoms with Crippen molar-refractivity contribution in [1.29, 1.82) is 0 Å². The first-order chi connectivity index (χ1) is 7.59. The van der Waals surface area contributed by atoms with Gasteiger partial charge in [-0.1, -0.05) is 6.07 Å². The molecule has 1 unspecified atom stereocenters. The standard InChI is InChI=1S/C11H12F3NO/c12-10(13)11(14)15-5-1-2-7-3-4-8(16)6-9(7)15/h3-4,6,10-11,16H,1-2,5H2. The van der Waals surface area contributed by atoms with Crippen molar-refractivity contribution in [2.75, 3.05) is 11.4 Å². The van der Waals surface area contributed by atoms with E-state index in [4.69, 9.17) is 0 Å². The molecule has 1 aliphatic heterocycles. The zero-order chi connectivity index (χ0) is 11.7. The third-order valence-corrected chi connectivity index (χ3v) is 2.73. The van der Waals surface area contributed by atoms with Gasteiger partial charge in [0.2, 0.25) is 6.30 Å². The maximum Gasteiger partial charge on any atom is 0.287 e. The van der Waals surface area contributed by atoms with Gasteiger partial charge >= 0.3 is 0 Å². The molecule has 1 heterocycles. The molecule has 0 fully saturated rings. The molecule has 0 aromatic heterocycles. The molecule has 0 amide bonds. The molecule has 88 valence electrons. The monoisotopic (exact) mass is 231 g/mol. The Balaban J connectivity index is 2.35. The van der Waals surface area contributed by atoms with Crippen molar-refractivity contribution in [3.63, 3.8) is 0 Å². The predicted molar refractivity (Wildman–Crippen MR) is 54.7 cm³/mol. The normalized spacial score (nSPS) is 17.4. The lowest BCUT2D eigenvalue weighted by Gasteiger charge is -2.33. The average molecular weight is 231 g/mol. The van der Waals surface area contributed by atoms with Crippen molar-refractivity contribution in [2.24, 2.45) is 0 Å². The molecule has 0 saturated carbocycles. The molecule has 1 atom stereocenters. The highest BCUT2D eigenvalue weighted by atomic mass is 19.3. The Morgan fingerprint density at radius 1 is 1.25 bits per heavy atom. The fourth-order valence-corrected chi connectivity index (χ4v) is 1.98. The Bertz CT molecular complexity index is 383. The Hall–Kier alpha value is -1.39. The number of hydrogen-bond donors (Lipinski definition) is 1. The first-order valence-corrected chi connectivity index (χ1v) is 5.10. The van der Waals surface area contributed by atoms with E-state index in [0.717, 1.165) is 16.9 Å². The van der Waals surface area contributed by atoms with Crippen LogP contribution in [0.3, 0.4) is 0 Å². The Labute approximate surface area is 91.3 Å². The first-order valence-electron chi connectivity index (χ1n) is 5.10. The Morgan fingerprint density at radius 3 is 2.69 bits per heavy atom. The molecule has 1 aromatic carbocycles. The van der Waals surface area contributed by atoms with Crippen molar-refractivity contribution in [3.8, 4) is 5.75 Å². The molecule has 0 saturated heterocycles. The van der Waals surface area contributed by atoms with E-state index in [2.05, 4.69) is 0 Å². The smallest absolute Gasteiger partial charge is 0.287 e. The van der Waals surface area contributed by atoms with Crippen LogP contribution in [0.25, 0.3) is 0 Å². The van der Waals surface area contributed by atoms with E-state index in [-0.39, 0.29) is 12.3 Å². The summed E-state index contributed by atoms with van der Waals surface area (Å²) in [6.07, 6.45) is -3.97. The maximum absolute atomic E-state index is 13.3. The van der Waals surface area contributed by atoms with Crippen LogP contribution < -0.4 is 4.90 Å². The predicted octanol–water partition coefficient (Wildman–Crippen LogP) is 2.71. The lowest BCUT2D eigenvalue weighted by Crippen LogP contribution is -2.40. The molecule has 16 heavy (non-hydrogen) atoms. The van der Waals surface area contributed by atoms with Crippen molar-refractivity contribution in [2.45, 2.75) is 25.6 Å². The molecule has 1 aromatic rings. The highest BCUT2D eigenvalue weighted by molar-refractivity contribution is 5.59. The highest BCUT2D eigenvalue weighted by Gasteiger charge is 2.30. The summed E-state index contributed by atoms with van der Waals surface area (Å²) in [5.74, 6) is -0.0351. The summed E-state index contributed by atoms with van der Waals surface area (Å²) in [5, 5.41) is 9.29. The van der Waals surface area contributed by atoms with E-state index in [9.17, 15) is 18.3 Å². The molecule has 0 aliphatic carbocycles. The Morgan fingerprint density at radius 2 is 2.00 bits per heavy atom. The van der Waals surface area contributed by atoms with Gasteiger partial charge in [0.25, 0.3) is 6.43 Å². The van der Waals surface area contributed by atoms with Gasteiger partial charge in [0.1, 0.15) is 5.75 Å². The van der Waals surface area contributed by atoms with Crippen LogP contribution in [0.2, 0.25) is 0 Å². The van der Waals surface area contributed by atoms with Gasteiger partial charge in [-0.2, -0.15) is 0 Å². The average Bonchev–Trinajstić information content (AvgIpc) is 2.27. The molecular formula is C11H12F3NO. The van der Waals surface area contributed by atoms with E-state index in [1.54, 1.807) is 6.07 Å². The summed E-state index contributed by atoms with van der Waals surface area (Å²) in [4.78, 5) is 1.02. The quantitative estimate of drug-likeness (QED) is 0.791. The van der Waals surface area contributed by atoms with E-state index in [1.165, 1.54) is 12.1 Å². The fraction of sp³-hybridized carbons (Fsp3) is 0.455. The minimum absolute atomic E-state index is 0.0351. The molecule has 2 nitrogen and oxygen atoms in total. The minimum atomic E-state index is -3.03. The van der Waals surface area contributed by atoms with Gasteiger partial charge in [0.15, 0.2) is 0 Å². The molecular weight excluding hydrogens is 219 g/mol. The highest BCUT2D eigenvalue weighted by Crippen LogP contribution is 2.33. The van der Waals surface area contributed by atoms with Crippen molar-refractivity contribution in [3.05, 3.63) is 23.8 Å². The van der Waals surface area contributed by atoms with E-state index in [1.807, 2.05) is 0 Å². The maximum atomic E-state index is 13.3. The third-order valence-electron chi connectivity index (χ3n) is 2.73. The molecule has 1 N–H and O–H groups in total. The fourth-order valence-electron chi connectivity index (χ4n) is 1.98. The number of halogens is 3. The number of fused-ring (bicyclic) bond motifs is 1. The van der Waals surface area contributed by atoms with E-state index in [0.29, 0.717) is 12.1 Å². The van der Waals surface area contributed by atoms with Crippen LogP contribution >= 0.6 is 0 Å². The third kappa shape index (κ3) is 1.94. The van der Waals surface area contributed by atoms with Gasteiger partial charge in [-0.25, -0.2) is 13.2 Å². The molecule has 0 bridgehead atoms. The number of aromatic hydroxyl groups is 1. The second-order valence-corrected chi connectivity index (χ2v) is 3.82. The molecule has 0 spiro atoms. The SMILES string of the molecule is Oc1ccc2c(c1)N(C(F)C(F)F)CCC2. The van der Waals surface area contributed by atoms with Gasteiger partial charge in [0.05, 0.1) is 0 Å². The number of phenols is 1. The van der Waals surface area contributed by atoms with Crippen LogP contribution in [0.4, 0.5) is 18.9 Å². The van der Waals surface area contributed by atoms with Crippen LogP contribution in [0.15, 0.2) is 18.2 Å². The van der Waals surface area contributed by atoms with Crippen LogP contribution in [0.1, 0.15) is 12.0 Å². The molecule has 5 heteroatoms. The zero-order valence-electron chi connectivity index (χ0n) is 8.54. The number of benzene rings is 1. The first kappa shape index (κ1) is 11.1. The minimum Gasteiger partial charge on any atom is -0.508 e. The zero-order valence-corrected chi connectivity index (χ0v) is 8.54. The second-order valence-electron chi connectivity index (χ2n) is 3.82. The summed E-state index contributed by atoms with van der Waals surface area (Å²) in [5.41, 5.74) is 1.17. The van der Waals surface area contributed by atoms with Crippen LogP contribution in [-0.2, 0) is 6.42 Å². The number of anilines is 1. The summed E-state index contributed by atoms with van der Waals surface area (Å²) in [7, 11) is 0. The van der Waals surface area contributed by atoms with Gasteiger partial charge in [-0.05, 0) is 24.5 Å². The number of nitrogens with zero attached hydrogens (tertiary/aromatic N) is 1. The number of hydrogen-bond acceptors (Lipinski definition) is 2. The van der Waals surface area contributed by atoms with Gasteiger partial charge in [0, 0.05) is 18.3 Å². The van der Waals surface area contributed by atoms with E-state index >= 15 is 0 Å². The number of rotatable bonds is 2. The summed E-state index contributed by atoms with van der Waals surface area (Å²) in [6, 6.07) is 4.47. The largest absolute Gasteiger partial charge is 0.508 e. The van der Waals surface area contributed by atoms with Gasteiger partial charge in [-0.15, -0.1) is 0 Å². The van der Waals surface area contributed by atoms with Gasteiger partial charge in [-0.3, -0.25) is 0 Å². The number of aryl methyl sites for hydroxylation is 1. The van der Waals surface area contributed by atoms with Crippen LogP contribution in [0, 0.1) is 0 Å². The Kier molecular flexibility index (Phi) is 2.94. The number of phenolic OH excluding ortho intramolecular Hbond substituents is 1. The van der Waals surface area contributed by atoms with Crippen LogP contribution in [0.5, 0.6) is 5.75 Å². The van der Waals surface area contributed by atoms with Crippen molar-refractivity contribution < 1.29 is 18.3 Å². The molecule has 2 rings (SSSR count). The lowest BCUT2D eigenvalue weighted by atomic mass is 10.0.